The minimum Gasteiger partial charge on any atom is -0.483 e. The lowest BCUT2D eigenvalue weighted by atomic mass is 9.59. The van der Waals surface area contributed by atoms with Crippen molar-refractivity contribution in [1.29, 1.82) is 0 Å². The normalized spacial score (nSPS) is 29.8. The largest absolute Gasteiger partial charge is 0.483 e. The van der Waals surface area contributed by atoms with E-state index in [0.717, 1.165) is 49.1 Å². The molecule has 0 heterocycles. The highest BCUT2D eigenvalue weighted by atomic mass is 19.1. The van der Waals surface area contributed by atoms with Gasteiger partial charge >= 0.3 is 5.97 Å². The molecule has 4 rings (SSSR count). The summed E-state index contributed by atoms with van der Waals surface area (Å²) in [6, 6.07) is 2.08. The standard InChI is InChI=1S/C32H46F2O3/c1-3-5-6-7-9-22-12-14-23(15-13-22)24-16-17-27-25(19-24)10-8-11-28(27)32(35)37-26-20-29(33)31(30(34)21-26)36-18-4-2/h4,20-25,27-28H,2-3,5-19H2,1H3. The molecule has 3 nitrogen and oxygen atoms in total. The SMILES string of the molecule is C=CCOc1c(F)cc(OC(=O)C2CCCC3CC(C4CCC(CCCCCC)CC4)CCC32)cc1F. The molecule has 1 aromatic carbocycles. The van der Waals surface area contributed by atoms with Crippen molar-refractivity contribution in [2.75, 3.05) is 6.61 Å². The first-order valence-corrected chi connectivity index (χ1v) is 14.9. The predicted molar refractivity (Wildman–Crippen MR) is 144 cm³/mol. The maximum absolute atomic E-state index is 14.3. The summed E-state index contributed by atoms with van der Waals surface area (Å²) in [6.07, 6.45) is 20.4. The number of hydrogen-bond donors (Lipinski definition) is 0. The smallest absolute Gasteiger partial charge is 0.314 e. The molecule has 0 N–H and O–H groups in total. The monoisotopic (exact) mass is 516 g/mol. The van der Waals surface area contributed by atoms with E-state index in [1.165, 1.54) is 83.1 Å². The number of carbonyl (C=O) groups excluding carboxylic acids is 1. The van der Waals surface area contributed by atoms with Gasteiger partial charge in [-0.2, -0.15) is 0 Å². The quantitative estimate of drug-likeness (QED) is 0.127. The van der Waals surface area contributed by atoms with E-state index in [0.29, 0.717) is 11.8 Å². The number of hydrogen-bond acceptors (Lipinski definition) is 3. The van der Waals surface area contributed by atoms with E-state index in [2.05, 4.69) is 13.5 Å². The average Bonchev–Trinajstić information content (AvgIpc) is 2.90. The van der Waals surface area contributed by atoms with Crippen LogP contribution in [0, 0.1) is 47.1 Å². The van der Waals surface area contributed by atoms with Crippen molar-refractivity contribution in [2.24, 2.45) is 35.5 Å². The predicted octanol–water partition coefficient (Wildman–Crippen LogP) is 9.04. The van der Waals surface area contributed by atoms with Gasteiger partial charge in [0.1, 0.15) is 12.4 Å². The van der Waals surface area contributed by atoms with E-state index >= 15 is 0 Å². The molecule has 0 aromatic heterocycles. The molecular weight excluding hydrogens is 470 g/mol. The average molecular weight is 517 g/mol. The Morgan fingerprint density at radius 2 is 1.68 bits per heavy atom. The Bertz CT molecular complexity index is 869. The van der Waals surface area contributed by atoms with Gasteiger partial charge in [0, 0.05) is 12.1 Å². The number of unbranched alkanes of at least 4 members (excludes halogenated alkanes) is 3. The van der Waals surface area contributed by atoms with Crippen molar-refractivity contribution in [3.8, 4) is 11.5 Å². The maximum Gasteiger partial charge on any atom is 0.314 e. The third-order valence-electron chi connectivity index (χ3n) is 9.55. The van der Waals surface area contributed by atoms with E-state index in [1.54, 1.807) is 0 Å². The summed E-state index contributed by atoms with van der Waals surface area (Å²) >= 11 is 0. The molecule has 0 bridgehead atoms. The fraction of sp³-hybridized carbons (Fsp3) is 0.719. The van der Waals surface area contributed by atoms with Crippen LogP contribution in [0.25, 0.3) is 0 Å². The van der Waals surface area contributed by atoms with Crippen molar-refractivity contribution < 1.29 is 23.0 Å². The molecule has 3 aliphatic rings. The first-order chi connectivity index (χ1) is 18.0. The lowest BCUT2D eigenvalue weighted by molar-refractivity contribution is -0.144. The van der Waals surface area contributed by atoms with E-state index in [4.69, 9.17) is 9.47 Å². The van der Waals surface area contributed by atoms with E-state index in [-0.39, 0.29) is 24.2 Å². The van der Waals surface area contributed by atoms with Gasteiger partial charge in [-0.25, -0.2) is 8.78 Å². The highest BCUT2D eigenvalue weighted by Crippen LogP contribution is 2.50. The van der Waals surface area contributed by atoms with Gasteiger partial charge in [0.25, 0.3) is 0 Å². The van der Waals surface area contributed by atoms with Crippen LogP contribution in [0.5, 0.6) is 11.5 Å². The van der Waals surface area contributed by atoms with Crippen molar-refractivity contribution in [3.63, 3.8) is 0 Å². The molecule has 3 fully saturated rings. The second-order valence-corrected chi connectivity index (χ2v) is 11.9. The summed E-state index contributed by atoms with van der Waals surface area (Å²) in [6.45, 7) is 5.76. The highest BCUT2D eigenvalue weighted by Gasteiger charge is 2.43. The van der Waals surface area contributed by atoms with Gasteiger partial charge < -0.3 is 9.47 Å². The summed E-state index contributed by atoms with van der Waals surface area (Å²) in [4.78, 5) is 13.1. The van der Waals surface area contributed by atoms with Gasteiger partial charge in [0.05, 0.1) is 5.92 Å². The molecule has 0 amide bonds. The van der Waals surface area contributed by atoms with Crippen LogP contribution in [-0.4, -0.2) is 12.6 Å². The minimum atomic E-state index is -0.873. The summed E-state index contributed by atoms with van der Waals surface area (Å²) in [5.41, 5.74) is 0. The molecule has 4 atom stereocenters. The molecular formula is C32H46F2O3. The van der Waals surface area contributed by atoms with Crippen LogP contribution in [0.15, 0.2) is 24.8 Å². The van der Waals surface area contributed by atoms with Crippen LogP contribution in [0.1, 0.15) is 103 Å². The van der Waals surface area contributed by atoms with Crippen molar-refractivity contribution in [2.45, 2.75) is 103 Å². The zero-order valence-electron chi connectivity index (χ0n) is 22.7. The van der Waals surface area contributed by atoms with Gasteiger partial charge in [0.15, 0.2) is 17.4 Å². The Labute approximate surface area is 222 Å². The molecule has 0 spiro atoms. The van der Waals surface area contributed by atoms with E-state index < -0.39 is 17.4 Å². The van der Waals surface area contributed by atoms with E-state index in [9.17, 15) is 13.6 Å². The van der Waals surface area contributed by atoms with Crippen LogP contribution in [0.4, 0.5) is 8.78 Å². The molecule has 37 heavy (non-hydrogen) atoms. The van der Waals surface area contributed by atoms with Gasteiger partial charge in [0.2, 0.25) is 0 Å². The van der Waals surface area contributed by atoms with Gasteiger partial charge in [-0.05, 0) is 68.1 Å². The summed E-state index contributed by atoms with van der Waals surface area (Å²) in [5.74, 6) is 0.667. The topological polar surface area (TPSA) is 35.5 Å². The summed E-state index contributed by atoms with van der Waals surface area (Å²) in [7, 11) is 0. The molecule has 0 saturated heterocycles. The lowest BCUT2D eigenvalue weighted by Gasteiger charge is -2.46. The van der Waals surface area contributed by atoms with Crippen LogP contribution in [-0.2, 0) is 4.79 Å². The Morgan fingerprint density at radius 3 is 2.38 bits per heavy atom. The Balaban J connectivity index is 1.28. The number of fused-ring (bicyclic) bond motifs is 1. The zero-order chi connectivity index (χ0) is 26.2. The maximum atomic E-state index is 14.3. The third-order valence-corrected chi connectivity index (χ3v) is 9.55. The Morgan fingerprint density at radius 1 is 0.946 bits per heavy atom. The lowest BCUT2D eigenvalue weighted by Crippen LogP contribution is -2.40. The number of benzene rings is 1. The molecule has 4 unspecified atom stereocenters. The number of esters is 1. The molecule has 0 radical (unpaired) electrons. The van der Waals surface area contributed by atoms with E-state index in [1.807, 2.05) is 0 Å². The molecule has 3 saturated carbocycles. The van der Waals surface area contributed by atoms with Crippen molar-refractivity contribution >= 4 is 5.97 Å². The van der Waals surface area contributed by atoms with Gasteiger partial charge in [-0.3, -0.25) is 4.79 Å². The number of halogens is 2. The summed E-state index contributed by atoms with van der Waals surface area (Å²) < 4.78 is 39.3. The van der Waals surface area contributed by atoms with Crippen molar-refractivity contribution in [3.05, 3.63) is 36.4 Å². The third kappa shape index (κ3) is 7.35. The first-order valence-electron chi connectivity index (χ1n) is 14.9. The van der Waals surface area contributed by atoms with Crippen LogP contribution < -0.4 is 9.47 Å². The molecule has 0 aliphatic heterocycles. The fourth-order valence-electron chi connectivity index (χ4n) is 7.60. The van der Waals surface area contributed by atoms with Crippen LogP contribution >= 0.6 is 0 Å². The van der Waals surface area contributed by atoms with Gasteiger partial charge in [-0.1, -0.05) is 77.4 Å². The van der Waals surface area contributed by atoms with Gasteiger partial charge in [-0.15, -0.1) is 0 Å². The van der Waals surface area contributed by atoms with Crippen LogP contribution in [0.3, 0.4) is 0 Å². The Kier molecular flexibility index (Phi) is 10.5. The molecule has 206 valence electrons. The molecule has 1 aromatic rings. The zero-order valence-corrected chi connectivity index (χ0v) is 22.7. The number of rotatable bonds is 11. The molecule has 5 heteroatoms. The Hall–Kier alpha value is -1.91. The number of carbonyl (C=O) groups is 1. The first kappa shape index (κ1) is 28.1. The number of ether oxygens (including phenoxy) is 2. The fourth-order valence-corrected chi connectivity index (χ4v) is 7.60. The summed E-state index contributed by atoms with van der Waals surface area (Å²) in [5, 5.41) is 0. The minimum absolute atomic E-state index is 0.000400. The second kappa shape index (κ2) is 13.8. The van der Waals surface area contributed by atoms with Crippen LogP contribution in [0.2, 0.25) is 0 Å². The second-order valence-electron chi connectivity index (χ2n) is 11.9. The molecule has 3 aliphatic carbocycles. The highest BCUT2D eigenvalue weighted by molar-refractivity contribution is 5.75. The van der Waals surface area contributed by atoms with Crippen molar-refractivity contribution in [1.82, 2.24) is 0 Å².